The van der Waals surface area contributed by atoms with Crippen LogP contribution in [0.25, 0.3) is 28.0 Å². The summed E-state index contributed by atoms with van der Waals surface area (Å²) in [6.07, 6.45) is 5.69. The van der Waals surface area contributed by atoms with Crippen molar-refractivity contribution in [2.45, 2.75) is 39.7 Å². The Morgan fingerprint density at radius 2 is 1.54 bits per heavy atom. The van der Waals surface area contributed by atoms with Gasteiger partial charge in [0, 0.05) is 29.6 Å². The molecule has 0 saturated heterocycles. The highest BCUT2D eigenvalue weighted by molar-refractivity contribution is 7.81. The van der Waals surface area contributed by atoms with Gasteiger partial charge in [0.05, 0.1) is 11.4 Å². The Bertz CT molecular complexity index is 1540. The lowest BCUT2D eigenvalue weighted by Crippen LogP contribution is -2.15. The normalized spacial score (nSPS) is 13.1. The zero-order valence-electron chi connectivity index (χ0n) is 20.2. The van der Waals surface area contributed by atoms with Gasteiger partial charge in [-0.1, -0.05) is 85.0 Å². The number of aryl methyl sites for hydroxylation is 3. The van der Waals surface area contributed by atoms with Crippen molar-refractivity contribution in [2.24, 2.45) is 0 Å². The molecule has 0 aliphatic carbocycles. The summed E-state index contributed by atoms with van der Waals surface area (Å²) in [7, 11) is 0. The minimum atomic E-state index is 0.760. The van der Waals surface area contributed by atoms with Gasteiger partial charge < -0.3 is 9.88 Å². The summed E-state index contributed by atoms with van der Waals surface area (Å²) >= 11 is 6.16. The molecule has 3 nitrogen and oxygen atoms in total. The monoisotopic (exact) mass is 475 g/mol. The molecule has 174 valence electrons. The lowest BCUT2D eigenvalue weighted by atomic mass is 9.98. The lowest BCUT2D eigenvalue weighted by Gasteiger charge is -2.14. The van der Waals surface area contributed by atoms with E-state index in [-0.39, 0.29) is 0 Å². The van der Waals surface area contributed by atoms with E-state index >= 15 is 0 Å². The van der Waals surface area contributed by atoms with Gasteiger partial charge in [-0.25, -0.2) is 0 Å². The first-order chi connectivity index (χ1) is 17.1. The first-order valence-electron chi connectivity index (χ1n) is 12.4. The Morgan fingerprint density at radius 1 is 0.829 bits per heavy atom. The topological polar surface area (TPSA) is 21.4 Å². The van der Waals surface area contributed by atoms with E-state index in [0.717, 1.165) is 29.3 Å². The van der Waals surface area contributed by atoms with Crippen molar-refractivity contribution in [1.29, 1.82) is 0 Å². The van der Waals surface area contributed by atoms with Crippen LogP contribution < -0.4 is 5.32 Å². The fourth-order valence-corrected chi connectivity index (χ4v) is 5.74. The van der Waals surface area contributed by atoms with E-state index in [4.69, 9.17) is 12.2 Å². The Kier molecular flexibility index (Phi) is 5.54. The number of benzene rings is 3. The molecule has 1 N–H and O–H groups in total. The summed E-state index contributed by atoms with van der Waals surface area (Å²) in [5.74, 6) is 0. The number of anilines is 1. The van der Waals surface area contributed by atoms with Crippen molar-refractivity contribution >= 4 is 28.5 Å². The van der Waals surface area contributed by atoms with E-state index in [0.29, 0.717) is 0 Å². The standard InChI is InChI=1S/C31H29N3S/c1-21-12-11-18-26(22(21)2)32-30(35)29-28(24-15-7-4-8-16-24)25-17-9-10-19-33-27(20-34(29)31(25)33)23-13-5-3-6-14-23/h3-8,11-16,18,20H,9-10,17,19H2,1-2H3,(H,32,35). The highest BCUT2D eigenvalue weighted by Gasteiger charge is 2.28. The second kappa shape index (κ2) is 8.86. The summed E-state index contributed by atoms with van der Waals surface area (Å²) in [5, 5.41) is 3.61. The van der Waals surface area contributed by atoms with Crippen molar-refractivity contribution in [3.63, 3.8) is 0 Å². The summed E-state index contributed by atoms with van der Waals surface area (Å²) < 4.78 is 4.86. The molecule has 0 amide bonds. The molecular formula is C31H29N3S. The molecule has 6 rings (SSSR count). The number of imidazole rings is 1. The van der Waals surface area contributed by atoms with Gasteiger partial charge in [0.2, 0.25) is 0 Å². The molecule has 0 fully saturated rings. The van der Waals surface area contributed by atoms with Gasteiger partial charge in [-0.2, -0.15) is 0 Å². The number of nitrogens with zero attached hydrogens (tertiary/aromatic N) is 2. The van der Waals surface area contributed by atoms with Crippen molar-refractivity contribution in [3.8, 4) is 22.4 Å². The molecule has 0 atom stereocenters. The van der Waals surface area contributed by atoms with E-state index in [1.807, 2.05) is 0 Å². The van der Waals surface area contributed by atoms with Crippen LogP contribution >= 0.6 is 12.2 Å². The van der Waals surface area contributed by atoms with Crippen LogP contribution in [0.3, 0.4) is 0 Å². The van der Waals surface area contributed by atoms with Gasteiger partial charge in [0.15, 0.2) is 0 Å². The highest BCUT2D eigenvalue weighted by atomic mass is 32.1. The fraction of sp³-hybridized carbons (Fsp3) is 0.194. The molecule has 1 aliphatic heterocycles. The summed E-state index contributed by atoms with van der Waals surface area (Å²) in [4.78, 5) is 0.760. The molecule has 3 aromatic carbocycles. The minimum Gasteiger partial charge on any atom is -0.345 e. The average Bonchev–Trinajstić information content (AvgIpc) is 3.31. The van der Waals surface area contributed by atoms with Crippen LogP contribution in [-0.4, -0.2) is 14.0 Å². The Balaban J connectivity index is 1.61. The van der Waals surface area contributed by atoms with E-state index < -0.39 is 0 Å². The van der Waals surface area contributed by atoms with Gasteiger partial charge in [-0.3, -0.25) is 4.40 Å². The van der Waals surface area contributed by atoms with E-state index in [1.54, 1.807) is 0 Å². The van der Waals surface area contributed by atoms with Crippen LogP contribution in [0.1, 0.15) is 35.2 Å². The molecule has 4 heteroatoms. The molecule has 2 aromatic heterocycles. The number of nitrogens with one attached hydrogen (secondary N) is 1. The maximum atomic E-state index is 6.16. The fourth-order valence-electron chi connectivity index (χ4n) is 5.43. The molecule has 35 heavy (non-hydrogen) atoms. The Labute approximate surface area is 212 Å². The van der Waals surface area contributed by atoms with E-state index in [9.17, 15) is 0 Å². The smallest absolute Gasteiger partial charge is 0.128 e. The zero-order chi connectivity index (χ0) is 23.9. The Hall–Kier alpha value is -3.63. The maximum absolute atomic E-state index is 6.16. The largest absolute Gasteiger partial charge is 0.345 e. The van der Waals surface area contributed by atoms with Gasteiger partial charge in [-0.15, -0.1) is 0 Å². The quantitative estimate of drug-likeness (QED) is 0.268. The predicted octanol–water partition coefficient (Wildman–Crippen LogP) is 7.82. The molecule has 1 aliphatic rings. The first-order valence-corrected chi connectivity index (χ1v) is 12.8. The molecular weight excluding hydrogens is 446 g/mol. The van der Waals surface area contributed by atoms with Crippen molar-refractivity contribution in [1.82, 2.24) is 8.97 Å². The van der Waals surface area contributed by atoms with Gasteiger partial charge in [-0.05, 0) is 61.4 Å². The second-order valence-electron chi connectivity index (χ2n) is 9.45. The number of thiocarbonyl (C=S) groups is 1. The minimum absolute atomic E-state index is 0.760. The molecule has 5 aromatic rings. The summed E-state index contributed by atoms with van der Waals surface area (Å²) in [5.41, 5.74) is 12.3. The van der Waals surface area contributed by atoms with Gasteiger partial charge in [0.1, 0.15) is 10.6 Å². The van der Waals surface area contributed by atoms with Crippen molar-refractivity contribution < 1.29 is 0 Å². The third-order valence-electron chi connectivity index (χ3n) is 7.33. The van der Waals surface area contributed by atoms with E-state index in [1.165, 1.54) is 57.6 Å². The van der Waals surface area contributed by atoms with Crippen molar-refractivity contribution in [2.75, 3.05) is 5.32 Å². The molecule has 0 spiro atoms. The molecule has 0 unspecified atom stereocenters. The third-order valence-corrected chi connectivity index (χ3v) is 7.63. The molecule has 0 saturated carbocycles. The number of hydrogen-bond donors (Lipinski definition) is 1. The second-order valence-corrected chi connectivity index (χ2v) is 9.86. The van der Waals surface area contributed by atoms with Crippen molar-refractivity contribution in [3.05, 3.63) is 107 Å². The van der Waals surface area contributed by atoms with Crippen LogP contribution in [0.5, 0.6) is 0 Å². The zero-order valence-corrected chi connectivity index (χ0v) is 21.0. The number of hydrogen-bond acceptors (Lipinski definition) is 1. The van der Waals surface area contributed by atoms with Crippen LogP contribution in [0.15, 0.2) is 85.1 Å². The van der Waals surface area contributed by atoms with Gasteiger partial charge >= 0.3 is 0 Å². The highest BCUT2D eigenvalue weighted by Crippen LogP contribution is 2.40. The molecule has 3 heterocycles. The summed E-state index contributed by atoms with van der Waals surface area (Å²) in [6.45, 7) is 5.31. The van der Waals surface area contributed by atoms with Crippen LogP contribution in [0.4, 0.5) is 5.69 Å². The Morgan fingerprint density at radius 3 is 2.29 bits per heavy atom. The molecule has 0 radical (unpaired) electrons. The van der Waals surface area contributed by atoms with Gasteiger partial charge in [0.25, 0.3) is 0 Å². The predicted molar refractivity (Wildman–Crippen MR) is 150 cm³/mol. The third kappa shape index (κ3) is 3.69. The van der Waals surface area contributed by atoms with Crippen LogP contribution in [0.2, 0.25) is 0 Å². The number of rotatable bonds is 4. The van der Waals surface area contributed by atoms with Crippen LogP contribution in [-0.2, 0) is 13.0 Å². The average molecular weight is 476 g/mol. The maximum Gasteiger partial charge on any atom is 0.128 e. The molecule has 0 bridgehead atoms. The summed E-state index contributed by atoms with van der Waals surface area (Å²) in [6, 6.07) is 27.8. The van der Waals surface area contributed by atoms with Crippen LogP contribution in [0, 0.1) is 13.8 Å². The first kappa shape index (κ1) is 21.9. The van der Waals surface area contributed by atoms with E-state index in [2.05, 4.69) is 113 Å². The SMILES string of the molecule is Cc1cccc(NC(=S)c2c(-c3ccccc3)c3c4n(c(-c5ccccc5)cn24)CCCC3)c1C. The number of aromatic nitrogens is 2. The lowest BCUT2D eigenvalue weighted by molar-refractivity contribution is 0.647.